The van der Waals surface area contributed by atoms with Crippen LogP contribution < -0.4 is 0 Å². The van der Waals surface area contributed by atoms with Gasteiger partial charge in [-0.15, -0.1) is 0 Å². The van der Waals surface area contributed by atoms with Crippen LogP contribution in [0.5, 0.6) is 0 Å². The molecule has 3 heteroatoms. The maximum Gasteiger partial charge on any atom is 0.135 e. The Morgan fingerprint density at radius 3 is 2.53 bits per heavy atom. The van der Waals surface area contributed by atoms with E-state index in [0.29, 0.717) is 18.3 Å². The molecule has 0 saturated heterocycles. The molecule has 0 aliphatic rings. The molecule has 1 aromatic heterocycles. The van der Waals surface area contributed by atoms with Gasteiger partial charge in [0.15, 0.2) is 0 Å². The molecule has 1 N–H and O–H groups in total. The largest absolute Gasteiger partial charge is 0.458 e. The number of nitrogens with zero attached hydrogens (tertiary/aromatic N) is 1. The molecule has 0 spiro atoms. The number of hydrogen-bond acceptors (Lipinski definition) is 3. The van der Waals surface area contributed by atoms with Crippen molar-refractivity contribution in [1.82, 2.24) is 4.90 Å². The van der Waals surface area contributed by atoms with Crippen molar-refractivity contribution in [2.45, 2.75) is 38.8 Å². The van der Waals surface area contributed by atoms with Crippen LogP contribution >= 0.6 is 0 Å². The molecular formula is C16H23NO2. The Morgan fingerprint density at radius 2 is 1.89 bits per heavy atom. The first-order valence-corrected chi connectivity index (χ1v) is 7.02. The van der Waals surface area contributed by atoms with Crippen LogP contribution in [0.3, 0.4) is 0 Å². The lowest BCUT2D eigenvalue weighted by Crippen LogP contribution is -2.34. The van der Waals surface area contributed by atoms with Crippen LogP contribution in [0.1, 0.15) is 38.6 Å². The maximum absolute atomic E-state index is 10.3. The fourth-order valence-electron chi connectivity index (χ4n) is 2.59. The number of benzene rings is 1. The number of aliphatic hydroxyl groups is 1. The monoisotopic (exact) mass is 261 g/mol. The van der Waals surface area contributed by atoms with Crippen molar-refractivity contribution < 1.29 is 9.52 Å². The summed E-state index contributed by atoms with van der Waals surface area (Å²) < 4.78 is 5.70. The second-order valence-corrected chi connectivity index (χ2v) is 5.11. The molecule has 104 valence electrons. The van der Waals surface area contributed by atoms with Gasteiger partial charge in [-0.3, -0.25) is 0 Å². The van der Waals surface area contributed by atoms with Crippen LogP contribution in [0, 0.1) is 0 Å². The molecule has 1 aromatic carbocycles. The van der Waals surface area contributed by atoms with E-state index in [1.54, 1.807) is 0 Å². The summed E-state index contributed by atoms with van der Waals surface area (Å²) >= 11 is 0. The average molecular weight is 261 g/mol. The number of furan rings is 1. The van der Waals surface area contributed by atoms with Crippen LogP contribution in [-0.4, -0.2) is 29.6 Å². The third-order valence-corrected chi connectivity index (χ3v) is 3.80. The van der Waals surface area contributed by atoms with E-state index >= 15 is 0 Å². The highest BCUT2D eigenvalue weighted by atomic mass is 16.4. The lowest BCUT2D eigenvalue weighted by Gasteiger charge is -2.27. The van der Waals surface area contributed by atoms with Crippen LogP contribution in [0.4, 0.5) is 0 Å². The first-order chi connectivity index (χ1) is 9.15. The van der Waals surface area contributed by atoms with E-state index in [1.165, 1.54) is 0 Å². The average Bonchev–Trinajstić information content (AvgIpc) is 2.84. The first-order valence-electron chi connectivity index (χ1n) is 7.02. The standard InChI is InChI=1S/C16H23NO2/c1-4-13(5-2)17(3)11-14(18)16-10-12-8-6-7-9-15(12)19-16/h6-10,13-14,18H,4-5,11H2,1-3H3. The van der Waals surface area contributed by atoms with E-state index in [0.717, 1.165) is 23.8 Å². The summed E-state index contributed by atoms with van der Waals surface area (Å²) in [5.74, 6) is 0.652. The topological polar surface area (TPSA) is 36.6 Å². The molecule has 1 heterocycles. The molecule has 2 aromatic rings. The molecule has 0 fully saturated rings. The summed E-state index contributed by atoms with van der Waals surface area (Å²) in [6.07, 6.45) is 1.62. The Bertz CT molecular complexity index is 483. The molecule has 0 aliphatic carbocycles. The maximum atomic E-state index is 10.3. The summed E-state index contributed by atoms with van der Waals surface area (Å²) in [4.78, 5) is 2.21. The van der Waals surface area contributed by atoms with Crippen LogP contribution in [0.2, 0.25) is 0 Å². The number of hydrogen-bond donors (Lipinski definition) is 1. The van der Waals surface area contributed by atoms with Crippen molar-refractivity contribution in [3.8, 4) is 0 Å². The smallest absolute Gasteiger partial charge is 0.135 e. The normalized spacial score (nSPS) is 13.6. The zero-order valence-electron chi connectivity index (χ0n) is 12.0. The molecule has 0 radical (unpaired) electrons. The summed E-state index contributed by atoms with van der Waals surface area (Å²) in [5.41, 5.74) is 0.835. The number of rotatable bonds is 6. The Balaban J connectivity index is 2.08. The third kappa shape index (κ3) is 3.17. The summed E-state index contributed by atoms with van der Waals surface area (Å²) in [5, 5.41) is 11.3. The minimum absolute atomic E-state index is 0.513. The third-order valence-electron chi connectivity index (χ3n) is 3.80. The van der Waals surface area contributed by atoms with Gasteiger partial charge >= 0.3 is 0 Å². The molecule has 0 saturated carbocycles. The van der Waals surface area contributed by atoms with E-state index < -0.39 is 6.10 Å². The van der Waals surface area contributed by atoms with E-state index in [4.69, 9.17) is 4.42 Å². The Kier molecular flexibility index (Phi) is 4.61. The van der Waals surface area contributed by atoms with E-state index in [1.807, 2.05) is 30.3 Å². The van der Waals surface area contributed by atoms with Crippen LogP contribution in [-0.2, 0) is 0 Å². The molecule has 1 atom stereocenters. The summed E-state index contributed by atoms with van der Waals surface area (Å²) in [7, 11) is 2.06. The molecule has 0 bridgehead atoms. The highest BCUT2D eigenvalue weighted by molar-refractivity contribution is 5.77. The van der Waals surface area contributed by atoms with Gasteiger partial charge in [0.25, 0.3) is 0 Å². The summed E-state index contributed by atoms with van der Waals surface area (Å²) in [6.45, 7) is 4.96. The van der Waals surface area contributed by atoms with Gasteiger partial charge in [0.05, 0.1) is 0 Å². The number of fused-ring (bicyclic) bond motifs is 1. The van der Waals surface area contributed by atoms with Crippen LogP contribution in [0.15, 0.2) is 34.7 Å². The van der Waals surface area contributed by atoms with Crippen molar-refractivity contribution >= 4 is 11.0 Å². The fourth-order valence-corrected chi connectivity index (χ4v) is 2.59. The molecule has 19 heavy (non-hydrogen) atoms. The van der Waals surface area contributed by atoms with Crippen LogP contribution in [0.25, 0.3) is 11.0 Å². The number of likely N-dealkylation sites (N-methyl/N-ethyl adjacent to an activating group) is 1. The molecule has 0 aliphatic heterocycles. The van der Waals surface area contributed by atoms with E-state index in [2.05, 4.69) is 25.8 Å². The Morgan fingerprint density at radius 1 is 1.21 bits per heavy atom. The van der Waals surface area contributed by atoms with Crippen molar-refractivity contribution in [3.05, 3.63) is 36.1 Å². The minimum atomic E-state index is -0.571. The van der Waals surface area contributed by atoms with Gasteiger partial charge < -0.3 is 14.4 Å². The van der Waals surface area contributed by atoms with Gasteiger partial charge in [-0.25, -0.2) is 0 Å². The van der Waals surface area contributed by atoms with Gasteiger partial charge in [0.1, 0.15) is 17.4 Å². The van der Waals surface area contributed by atoms with E-state index in [9.17, 15) is 5.11 Å². The van der Waals surface area contributed by atoms with Gasteiger partial charge in [0, 0.05) is 18.0 Å². The predicted octanol–water partition coefficient (Wildman–Crippen LogP) is 3.59. The van der Waals surface area contributed by atoms with Crippen molar-refractivity contribution in [2.24, 2.45) is 0 Å². The molecule has 1 unspecified atom stereocenters. The lowest BCUT2D eigenvalue weighted by atomic mass is 10.1. The highest BCUT2D eigenvalue weighted by Crippen LogP contribution is 2.24. The number of para-hydroxylation sites is 1. The Labute approximate surface area is 114 Å². The van der Waals surface area contributed by atoms with Gasteiger partial charge in [-0.1, -0.05) is 32.0 Å². The SMILES string of the molecule is CCC(CC)N(C)CC(O)c1cc2ccccc2o1. The summed E-state index contributed by atoms with van der Waals surface area (Å²) in [6, 6.07) is 10.3. The predicted molar refractivity (Wildman–Crippen MR) is 78.2 cm³/mol. The Hall–Kier alpha value is -1.32. The first kappa shape index (κ1) is 14.1. The second kappa shape index (κ2) is 6.22. The van der Waals surface area contributed by atoms with Crippen molar-refractivity contribution in [2.75, 3.05) is 13.6 Å². The fraction of sp³-hybridized carbons (Fsp3) is 0.500. The minimum Gasteiger partial charge on any atom is -0.458 e. The quantitative estimate of drug-likeness (QED) is 0.863. The zero-order chi connectivity index (χ0) is 13.8. The highest BCUT2D eigenvalue weighted by Gasteiger charge is 2.18. The second-order valence-electron chi connectivity index (χ2n) is 5.11. The zero-order valence-corrected chi connectivity index (χ0v) is 12.0. The van der Waals surface area contributed by atoms with Gasteiger partial charge in [-0.05, 0) is 32.0 Å². The van der Waals surface area contributed by atoms with Gasteiger partial charge in [-0.2, -0.15) is 0 Å². The van der Waals surface area contributed by atoms with Gasteiger partial charge in [0.2, 0.25) is 0 Å². The van der Waals surface area contributed by atoms with Crippen molar-refractivity contribution in [3.63, 3.8) is 0 Å². The molecule has 3 nitrogen and oxygen atoms in total. The molecule has 2 rings (SSSR count). The lowest BCUT2D eigenvalue weighted by molar-refractivity contribution is 0.0862. The number of aliphatic hydroxyl groups excluding tert-OH is 1. The van der Waals surface area contributed by atoms with Crippen molar-refractivity contribution in [1.29, 1.82) is 0 Å². The molecule has 0 amide bonds. The van der Waals surface area contributed by atoms with E-state index in [-0.39, 0.29) is 0 Å². The molecular weight excluding hydrogens is 238 g/mol.